The van der Waals surface area contributed by atoms with Crippen molar-refractivity contribution in [3.8, 4) is 24.7 Å². The average Bonchev–Trinajstić information content (AvgIpc) is 3.30. The molecule has 0 radical (unpaired) electrons. The number of nitrogens with zero attached hydrogens (tertiary/aromatic N) is 1. The molecule has 2 saturated carbocycles. The smallest absolute Gasteiger partial charge is 0.315 e. The molecule has 0 spiro atoms. The summed E-state index contributed by atoms with van der Waals surface area (Å²) in [6.45, 7) is 9.91. The van der Waals surface area contributed by atoms with Gasteiger partial charge in [-0.05, 0) is 48.3 Å². The van der Waals surface area contributed by atoms with Crippen LogP contribution in [0.15, 0.2) is 0 Å². The van der Waals surface area contributed by atoms with E-state index in [-0.39, 0.29) is 36.6 Å². The molecular weight excluding hydrogens is 606 g/mol. The quantitative estimate of drug-likeness (QED) is 0.186. The third-order valence-electron chi connectivity index (χ3n) is 9.81. The summed E-state index contributed by atoms with van der Waals surface area (Å²) in [5.74, 6) is 2.16. The summed E-state index contributed by atoms with van der Waals surface area (Å²) in [4.78, 5) is 68.9. The van der Waals surface area contributed by atoms with Gasteiger partial charge in [0.1, 0.15) is 12.1 Å². The number of carbonyl (C=O) groups excluding carboxylic acids is 5. The Morgan fingerprint density at radius 3 is 2.22 bits per heavy atom. The molecule has 11 nitrogen and oxygen atoms in total. The van der Waals surface area contributed by atoms with Crippen molar-refractivity contribution in [3.63, 3.8) is 0 Å². The molecule has 254 valence electrons. The van der Waals surface area contributed by atoms with Crippen molar-refractivity contribution < 1.29 is 28.2 Å². The maximum absolute atomic E-state index is 14.4. The molecule has 0 aromatic rings. The highest BCUT2D eigenvalue weighted by Gasteiger charge is 2.61. The van der Waals surface area contributed by atoms with E-state index >= 15 is 0 Å². The summed E-state index contributed by atoms with van der Waals surface area (Å²) in [5, 5.41) is 11.0. The summed E-state index contributed by atoms with van der Waals surface area (Å²) >= 11 is 0. The number of fused-ring (bicyclic) bond motifs is 1. The zero-order chi connectivity index (χ0) is 34.4. The van der Waals surface area contributed by atoms with E-state index in [2.05, 4.69) is 47.0 Å². The third-order valence-corrected chi connectivity index (χ3v) is 10.8. The fraction of sp³-hybridized carbons (Fsp3) is 0.735. The molecular formula is C34H51N5O6S. The molecule has 1 heterocycles. The summed E-state index contributed by atoms with van der Waals surface area (Å²) in [7, 11) is -1.12. The first kappa shape index (κ1) is 37.1. The first-order valence-corrected chi connectivity index (χ1v) is 17.9. The maximum Gasteiger partial charge on any atom is 0.315 e. The van der Waals surface area contributed by atoms with Crippen molar-refractivity contribution in [2.45, 2.75) is 110 Å². The number of nitrogens with one attached hydrogen (secondary N) is 4. The minimum absolute atomic E-state index is 0.0328. The normalized spacial score (nSPS) is 24.8. The van der Waals surface area contributed by atoms with E-state index in [1.807, 2.05) is 20.8 Å². The van der Waals surface area contributed by atoms with Gasteiger partial charge in [0.15, 0.2) is 0 Å². The predicted octanol–water partition coefficient (Wildman–Crippen LogP) is 1.87. The molecule has 0 aromatic carbocycles. The SMILES string of the molecule is C#CCCC(NC(=O)[C@@H]1C2CC(C)(C)C2CN1C(=O)[C@@H](NC(=O)NC1(CS(C)=O)CCCCC1)C(C)(C)C)C(=O)C(=O)NCC#C. The van der Waals surface area contributed by atoms with Gasteiger partial charge in [-0.15, -0.1) is 18.8 Å². The summed E-state index contributed by atoms with van der Waals surface area (Å²) in [6, 6.07) is -3.59. The molecule has 0 bridgehead atoms. The lowest BCUT2D eigenvalue weighted by molar-refractivity contribution is -0.145. The summed E-state index contributed by atoms with van der Waals surface area (Å²) < 4.78 is 12.2. The van der Waals surface area contributed by atoms with Crippen LogP contribution in [-0.2, 0) is 30.0 Å². The van der Waals surface area contributed by atoms with Crippen molar-refractivity contribution in [2.75, 3.05) is 25.1 Å². The van der Waals surface area contributed by atoms with E-state index in [4.69, 9.17) is 12.8 Å². The Bertz CT molecular complexity index is 1300. The van der Waals surface area contributed by atoms with Crippen LogP contribution in [0.2, 0.25) is 0 Å². The van der Waals surface area contributed by atoms with Crippen LogP contribution in [-0.4, -0.2) is 87.4 Å². The molecule has 3 rings (SSSR count). The number of ketones is 1. The first-order chi connectivity index (χ1) is 21.5. The van der Waals surface area contributed by atoms with Crippen molar-refractivity contribution >= 4 is 40.3 Å². The topological polar surface area (TPSA) is 154 Å². The molecule has 2 aliphatic carbocycles. The zero-order valence-electron chi connectivity index (χ0n) is 28.1. The summed E-state index contributed by atoms with van der Waals surface area (Å²) in [6.07, 6.45) is 17.4. The van der Waals surface area contributed by atoms with Gasteiger partial charge in [0.2, 0.25) is 17.6 Å². The highest BCUT2D eigenvalue weighted by atomic mass is 32.2. The van der Waals surface area contributed by atoms with Crippen molar-refractivity contribution in [1.29, 1.82) is 0 Å². The second kappa shape index (κ2) is 15.0. The molecule has 3 fully saturated rings. The molecule has 3 aliphatic rings. The van der Waals surface area contributed by atoms with Gasteiger partial charge < -0.3 is 26.2 Å². The number of hydrogen-bond donors (Lipinski definition) is 4. The van der Waals surface area contributed by atoms with Crippen molar-refractivity contribution in [2.24, 2.45) is 22.7 Å². The van der Waals surface area contributed by atoms with Crippen LogP contribution in [0.4, 0.5) is 4.79 Å². The van der Waals surface area contributed by atoms with E-state index in [9.17, 15) is 28.2 Å². The molecule has 6 atom stereocenters. The largest absolute Gasteiger partial charge is 0.344 e. The van der Waals surface area contributed by atoms with Gasteiger partial charge in [0.25, 0.3) is 5.91 Å². The Morgan fingerprint density at radius 1 is 1.02 bits per heavy atom. The molecule has 1 aliphatic heterocycles. The molecule has 12 heteroatoms. The van der Waals surface area contributed by atoms with Crippen LogP contribution in [0, 0.1) is 47.4 Å². The van der Waals surface area contributed by atoms with E-state index in [1.165, 1.54) is 4.90 Å². The molecule has 4 unspecified atom stereocenters. The third kappa shape index (κ3) is 8.70. The Morgan fingerprint density at radius 2 is 1.67 bits per heavy atom. The second-order valence-electron chi connectivity index (χ2n) is 14.9. The van der Waals surface area contributed by atoms with Gasteiger partial charge in [-0.25, -0.2) is 4.79 Å². The van der Waals surface area contributed by atoms with E-state index in [0.717, 1.165) is 19.3 Å². The molecule has 0 aromatic heterocycles. The van der Waals surface area contributed by atoms with Crippen molar-refractivity contribution in [3.05, 3.63) is 0 Å². The van der Waals surface area contributed by atoms with Crippen molar-refractivity contribution in [1.82, 2.24) is 26.2 Å². The van der Waals surface area contributed by atoms with E-state index in [0.29, 0.717) is 31.6 Å². The van der Waals surface area contributed by atoms with Crippen LogP contribution in [0.5, 0.6) is 0 Å². The number of hydrogen-bond acceptors (Lipinski definition) is 6. The number of amides is 5. The van der Waals surface area contributed by atoms with Gasteiger partial charge in [-0.1, -0.05) is 59.8 Å². The Balaban J connectivity index is 1.87. The Kier molecular flexibility index (Phi) is 12.1. The standard InChI is InChI=1S/C34H51N5O6S/c1-9-11-15-24(26(40)29(42)35-18-10-2)36-28(41)25-22-19-33(6,7)23(22)20-39(25)30(43)27(32(3,4)5)37-31(44)38-34(21-46(8)45)16-13-12-14-17-34/h1-2,22-25,27H,11-21H2,3-8H3,(H,35,42)(H,36,41)(H2,37,38,44)/t22?,23?,24?,25-,27+,46?/m0/s1. The lowest BCUT2D eigenvalue weighted by Crippen LogP contribution is -2.63. The number of likely N-dealkylation sites (tertiary alicyclic amines) is 1. The second-order valence-corrected chi connectivity index (χ2v) is 16.3. The average molecular weight is 658 g/mol. The lowest BCUT2D eigenvalue weighted by Gasteiger charge is -2.48. The monoisotopic (exact) mass is 657 g/mol. The Hall–Kier alpha value is -3.38. The fourth-order valence-corrected chi connectivity index (χ4v) is 8.57. The molecule has 5 amide bonds. The molecule has 46 heavy (non-hydrogen) atoms. The van der Waals surface area contributed by atoms with Gasteiger partial charge in [-0.3, -0.25) is 23.4 Å². The lowest BCUT2D eigenvalue weighted by atomic mass is 9.55. The van der Waals surface area contributed by atoms with Gasteiger partial charge in [0, 0.05) is 35.8 Å². The zero-order valence-corrected chi connectivity index (χ0v) is 28.9. The summed E-state index contributed by atoms with van der Waals surface area (Å²) in [5.41, 5.74) is -1.45. The van der Waals surface area contributed by atoms with Gasteiger partial charge in [0.05, 0.1) is 18.1 Å². The van der Waals surface area contributed by atoms with Crippen LogP contribution in [0.25, 0.3) is 0 Å². The maximum atomic E-state index is 14.4. The van der Waals surface area contributed by atoms with Crippen LogP contribution >= 0.6 is 0 Å². The first-order valence-electron chi connectivity index (χ1n) is 16.1. The van der Waals surface area contributed by atoms with E-state index in [1.54, 1.807) is 6.26 Å². The number of Topliss-reactive ketones (excluding diaryl/α,β-unsaturated/α-hetero) is 1. The number of terminal acetylenes is 2. The highest BCUT2D eigenvalue weighted by molar-refractivity contribution is 7.84. The predicted molar refractivity (Wildman–Crippen MR) is 177 cm³/mol. The van der Waals surface area contributed by atoms with Crippen LogP contribution < -0.4 is 21.3 Å². The minimum Gasteiger partial charge on any atom is -0.344 e. The van der Waals surface area contributed by atoms with Crippen LogP contribution in [0.1, 0.15) is 86.0 Å². The number of rotatable bonds is 12. The Labute approximate surface area is 276 Å². The minimum atomic E-state index is -1.19. The molecule has 1 saturated heterocycles. The van der Waals surface area contributed by atoms with Gasteiger partial charge >= 0.3 is 6.03 Å². The van der Waals surface area contributed by atoms with Crippen LogP contribution in [0.3, 0.4) is 0 Å². The number of carbonyl (C=O) groups is 5. The van der Waals surface area contributed by atoms with E-state index < -0.39 is 69.4 Å². The molecule has 4 N–H and O–H groups in total. The van der Waals surface area contributed by atoms with Gasteiger partial charge in [-0.2, -0.15) is 0 Å². The number of urea groups is 1. The highest BCUT2D eigenvalue weighted by Crippen LogP contribution is 2.57. The fourth-order valence-electron chi connectivity index (χ4n) is 7.43.